The molecule has 1 fully saturated rings. The summed E-state index contributed by atoms with van der Waals surface area (Å²) in [7, 11) is 0. The Morgan fingerprint density at radius 3 is 2.42 bits per heavy atom. The van der Waals surface area contributed by atoms with Crippen LogP contribution in [0.2, 0.25) is 5.02 Å². The molecule has 0 aromatic heterocycles. The Bertz CT molecular complexity index is 1570. The van der Waals surface area contributed by atoms with E-state index in [0.29, 0.717) is 23.3 Å². The standard InChI is InChI=1S/C26H16BrCl3F4N2O4/c1-11-12(2-5-17(27)23(11)36(39)40)9-20(37)15-10-14(4-6-18(15)28)35-24(38)22-21(25(22,29)30)13-3-7-19(31)16(8-13)26(32,33)34/h2-8,10,21-22H,9H2,1H3,(H,35,38)/t21-,22+/m0/s1. The number of nitro groups is 1. The molecule has 1 saturated carbocycles. The number of nitro benzene ring substituents is 1. The van der Waals surface area contributed by atoms with E-state index in [1.807, 2.05) is 0 Å². The zero-order valence-electron chi connectivity index (χ0n) is 20.1. The number of alkyl halides is 5. The Morgan fingerprint density at radius 1 is 1.12 bits per heavy atom. The van der Waals surface area contributed by atoms with Crippen LogP contribution in [0.25, 0.3) is 0 Å². The molecule has 40 heavy (non-hydrogen) atoms. The molecule has 0 radical (unpaired) electrons. The van der Waals surface area contributed by atoms with Gasteiger partial charge in [0, 0.05) is 29.2 Å². The average Bonchev–Trinajstić information content (AvgIpc) is 3.43. The fourth-order valence-electron chi connectivity index (χ4n) is 4.45. The monoisotopic (exact) mass is 680 g/mol. The summed E-state index contributed by atoms with van der Waals surface area (Å²) >= 11 is 21.8. The molecule has 1 amide bonds. The smallest absolute Gasteiger partial charge is 0.326 e. The Kier molecular flexibility index (Phi) is 8.26. The maximum Gasteiger partial charge on any atom is 0.419 e. The van der Waals surface area contributed by atoms with Crippen molar-refractivity contribution in [3.8, 4) is 0 Å². The van der Waals surface area contributed by atoms with Crippen molar-refractivity contribution in [2.45, 2.75) is 29.8 Å². The van der Waals surface area contributed by atoms with E-state index in [2.05, 4.69) is 21.2 Å². The van der Waals surface area contributed by atoms with Gasteiger partial charge in [0.15, 0.2) is 5.78 Å². The first-order valence-corrected chi connectivity index (χ1v) is 13.3. The third kappa shape index (κ3) is 5.83. The second-order valence-corrected chi connectivity index (χ2v) is 11.8. The molecule has 0 heterocycles. The van der Waals surface area contributed by atoms with Gasteiger partial charge in [-0.3, -0.25) is 19.7 Å². The highest BCUT2D eigenvalue weighted by atomic mass is 79.9. The van der Waals surface area contributed by atoms with Crippen LogP contribution in [0.5, 0.6) is 0 Å². The molecule has 1 aliphatic rings. The van der Waals surface area contributed by atoms with Gasteiger partial charge in [-0.1, -0.05) is 23.7 Å². The average molecular weight is 683 g/mol. The third-order valence-corrected chi connectivity index (χ3v) is 8.46. The lowest BCUT2D eigenvalue weighted by Crippen LogP contribution is -2.17. The number of nitrogens with one attached hydrogen (secondary N) is 1. The largest absolute Gasteiger partial charge is 0.419 e. The molecule has 3 aromatic carbocycles. The van der Waals surface area contributed by atoms with Crippen LogP contribution in [0, 0.1) is 28.8 Å². The van der Waals surface area contributed by atoms with E-state index in [4.69, 9.17) is 34.8 Å². The van der Waals surface area contributed by atoms with E-state index in [1.54, 1.807) is 6.07 Å². The summed E-state index contributed by atoms with van der Waals surface area (Å²) in [6.45, 7) is 1.51. The fourth-order valence-corrected chi connectivity index (χ4v) is 6.08. The van der Waals surface area contributed by atoms with Crippen molar-refractivity contribution in [2.24, 2.45) is 5.92 Å². The number of carbonyl (C=O) groups excluding carboxylic acids is 2. The molecule has 3 aromatic rings. The molecule has 0 unspecified atom stereocenters. The Balaban J connectivity index is 1.54. The molecule has 4 rings (SSSR count). The van der Waals surface area contributed by atoms with Crippen LogP contribution in [0.4, 0.5) is 28.9 Å². The molecule has 14 heteroatoms. The summed E-state index contributed by atoms with van der Waals surface area (Å²) in [6, 6.07) is 9.36. The summed E-state index contributed by atoms with van der Waals surface area (Å²) in [5.74, 6) is -4.93. The molecular formula is C26H16BrCl3F4N2O4. The normalized spacial score (nSPS) is 17.8. The van der Waals surface area contributed by atoms with E-state index in [1.165, 1.54) is 31.2 Å². The molecule has 6 nitrogen and oxygen atoms in total. The molecule has 2 atom stereocenters. The minimum absolute atomic E-state index is 0.0214. The molecule has 0 aliphatic heterocycles. The molecule has 0 saturated heterocycles. The Labute approximate surface area is 247 Å². The lowest BCUT2D eigenvalue weighted by Gasteiger charge is -2.11. The zero-order valence-corrected chi connectivity index (χ0v) is 23.9. The van der Waals surface area contributed by atoms with Crippen molar-refractivity contribution < 1.29 is 32.1 Å². The van der Waals surface area contributed by atoms with Crippen LogP contribution < -0.4 is 5.32 Å². The second kappa shape index (κ2) is 10.9. The number of amides is 1. The van der Waals surface area contributed by atoms with Crippen molar-refractivity contribution in [1.82, 2.24) is 0 Å². The molecule has 1 aliphatic carbocycles. The van der Waals surface area contributed by atoms with Crippen molar-refractivity contribution >= 4 is 73.8 Å². The number of hydrogen-bond acceptors (Lipinski definition) is 4. The van der Waals surface area contributed by atoms with Gasteiger partial charge in [0.2, 0.25) is 5.91 Å². The summed E-state index contributed by atoms with van der Waals surface area (Å²) in [6.07, 6.45) is -5.18. The van der Waals surface area contributed by atoms with Crippen LogP contribution in [0.15, 0.2) is 53.0 Å². The van der Waals surface area contributed by atoms with E-state index in [9.17, 15) is 37.3 Å². The van der Waals surface area contributed by atoms with Gasteiger partial charge in [0.05, 0.1) is 25.9 Å². The second-order valence-electron chi connectivity index (χ2n) is 9.09. The van der Waals surface area contributed by atoms with Crippen molar-refractivity contribution in [2.75, 3.05) is 5.32 Å². The predicted molar refractivity (Wildman–Crippen MR) is 146 cm³/mol. The minimum atomic E-state index is -4.96. The number of carbonyl (C=O) groups is 2. The van der Waals surface area contributed by atoms with Gasteiger partial charge in [-0.25, -0.2) is 4.39 Å². The highest BCUT2D eigenvalue weighted by Gasteiger charge is 2.67. The maximum absolute atomic E-state index is 13.7. The lowest BCUT2D eigenvalue weighted by molar-refractivity contribution is -0.386. The molecular weight excluding hydrogens is 667 g/mol. The highest BCUT2D eigenvalue weighted by Crippen LogP contribution is 2.65. The van der Waals surface area contributed by atoms with Crippen LogP contribution in [-0.4, -0.2) is 20.9 Å². The third-order valence-electron chi connectivity index (χ3n) is 6.55. The molecule has 0 spiro atoms. The minimum Gasteiger partial charge on any atom is -0.326 e. The summed E-state index contributed by atoms with van der Waals surface area (Å²) in [5, 5.41) is 14.0. The van der Waals surface area contributed by atoms with Crippen molar-refractivity contribution in [3.05, 3.63) is 102 Å². The number of rotatable bonds is 7. The fraction of sp³-hybridized carbons (Fsp3) is 0.231. The zero-order chi connectivity index (χ0) is 29.7. The molecule has 1 N–H and O–H groups in total. The van der Waals surface area contributed by atoms with Crippen molar-refractivity contribution in [1.29, 1.82) is 0 Å². The molecule has 0 bridgehead atoms. The topological polar surface area (TPSA) is 89.3 Å². The Hall–Kier alpha value is -2.73. The first kappa shape index (κ1) is 30.2. The van der Waals surface area contributed by atoms with Gasteiger partial charge >= 0.3 is 6.18 Å². The first-order chi connectivity index (χ1) is 18.5. The lowest BCUT2D eigenvalue weighted by atomic mass is 9.98. The quantitative estimate of drug-likeness (QED) is 0.0891. The highest BCUT2D eigenvalue weighted by molar-refractivity contribution is 9.10. The number of anilines is 1. The predicted octanol–water partition coefficient (Wildman–Crippen LogP) is 8.43. The Morgan fingerprint density at radius 2 is 1.80 bits per heavy atom. The summed E-state index contributed by atoms with van der Waals surface area (Å²) in [4.78, 5) is 36.9. The van der Waals surface area contributed by atoms with Crippen LogP contribution in [0.1, 0.15) is 38.5 Å². The van der Waals surface area contributed by atoms with Gasteiger partial charge in [0.1, 0.15) is 10.2 Å². The summed E-state index contributed by atoms with van der Waals surface area (Å²) < 4.78 is 51.7. The first-order valence-electron chi connectivity index (χ1n) is 11.3. The van der Waals surface area contributed by atoms with E-state index in [0.717, 1.165) is 6.07 Å². The summed E-state index contributed by atoms with van der Waals surface area (Å²) in [5.41, 5.74) is -0.905. The number of benzene rings is 3. The number of ketones is 1. The molecule has 210 valence electrons. The van der Waals surface area contributed by atoms with Crippen LogP contribution in [-0.2, 0) is 17.4 Å². The number of Topliss-reactive ketones (excluding diaryl/α,β-unsaturated/α-hetero) is 1. The number of halogens is 8. The van der Waals surface area contributed by atoms with Gasteiger partial charge in [-0.2, -0.15) is 13.2 Å². The maximum atomic E-state index is 13.7. The van der Waals surface area contributed by atoms with E-state index < -0.39 is 50.3 Å². The number of hydrogen-bond donors (Lipinski definition) is 1. The van der Waals surface area contributed by atoms with E-state index in [-0.39, 0.29) is 38.4 Å². The van der Waals surface area contributed by atoms with E-state index >= 15 is 0 Å². The van der Waals surface area contributed by atoms with Gasteiger partial charge in [-0.05, 0) is 70.4 Å². The van der Waals surface area contributed by atoms with Gasteiger partial charge in [0.25, 0.3) is 5.69 Å². The van der Waals surface area contributed by atoms with Crippen molar-refractivity contribution in [3.63, 3.8) is 0 Å². The number of nitrogens with zero attached hydrogens (tertiary/aromatic N) is 1. The SMILES string of the molecule is Cc1c(CC(=O)c2cc(NC(=O)[C@H]3[C@H](c4ccc(F)c(C(F)(F)F)c4)C3(Cl)Cl)ccc2Cl)ccc(Br)c1[N+](=O)[O-]. The van der Waals surface area contributed by atoms with Crippen LogP contribution in [0.3, 0.4) is 0 Å². The van der Waals surface area contributed by atoms with Crippen LogP contribution >= 0.6 is 50.7 Å². The van der Waals surface area contributed by atoms with Gasteiger partial charge < -0.3 is 5.32 Å². The van der Waals surface area contributed by atoms with Gasteiger partial charge in [-0.15, -0.1) is 23.2 Å².